The summed E-state index contributed by atoms with van der Waals surface area (Å²) >= 11 is 2.58. The van der Waals surface area contributed by atoms with E-state index in [1.165, 1.54) is 51.0 Å². The van der Waals surface area contributed by atoms with E-state index in [0.717, 1.165) is 24.8 Å². The van der Waals surface area contributed by atoms with Gasteiger partial charge in [-0.05, 0) is 81.3 Å². The fraction of sp³-hybridized carbons (Fsp3) is 0.395. The summed E-state index contributed by atoms with van der Waals surface area (Å²) in [7, 11) is 0. The molecule has 19 heteroatoms. The van der Waals surface area contributed by atoms with Crippen molar-refractivity contribution < 1.29 is 88.0 Å². The molecule has 0 radical (unpaired) electrons. The van der Waals surface area contributed by atoms with Gasteiger partial charge in [-0.25, -0.2) is 4.79 Å². The molecule has 1 aliphatic carbocycles. The second-order valence-corrected chi connectivity index (χ2v) is 19.9. The normalized spacial score (nSPS) is 25.4. The molecule has 62 heavy (non-hydrogen) atoms. The van der Waals surface area contributed by atoms with Gasteiger partial charge in [-0.3, -0.25) is 28.8 Å². The summed E-state index contributed by atoms with van der Waals surface area (Å²) in [5.74, 6) is -9.33. The summed E-state index contributed by atoms with van der Waals surface area (Å²) in [6.45, 7) is 6.91. The summed E-state index contributed by atoms with van der Waals surface area (Å²) in [4.78, 5) is 101. The van der Waals surface area contributed by atoms with Gasteiger partial charge in [-0.1, -0.05) is 66.7 Å². The number of β-lactam (4-membered cyclic amide) rings is 2. The van der Waals surface area contributed by atoms with Crippen molar-refractivity contribution in [3.8, 4) is 5.75 Å². The molecule has 5 aliphatic rings. The minimum Gasteiger partial charge on any atom is -0.548 e. The maximum Gasteiger partial charge on any atom is 1.00 e. The SMILES string of the molecule is CC1(C)S[C@@H]2[C@H](NC(=O)C(C(=O)O)c3ccccc3)C(=O)N2[C@H]1C(=O)O.CC1(C)S[C@@H]2[C@H](NC(=O)C(C(=O)Oc3ccc4c(c3)CCC4)c3ccccc3)C(=O)N2[C@H]1C(=O)[O-].[Na+]. The molecule has 8 atom stereocenters. The quantitative estimate of drug-likeness (QED) is 0.0573. The molecule has 4 amide bonds. The summed E-state index contributed by atoms with van der Waals surface area (Å²) in [5, 5.41) is 34.5. The van der Waals surface area contributed by atoms with Gasteiger partial charge in [0.15, 0.2) is 11.8 Å². The van der Waals surface area contributed by atoms with Crippen LogP contribution in [0.4, 0.5) is 0 Å². The average molecular weight is 895 g/mol. The monoisotopic (exact) mass is 894 g/mol. The first kappa shape index (κ1) is 46.6. The Hall–Kier alpha value is -4.88. The van der Waals surface area contributed by atoms with Gasteiger partial charge in [0.2, 0.25) is 23.6 Å². The molecule has 4 aliphatic heterocycles. The second-order valence-electron chi connectivity index (χ2n) is 16.4. The third-order valence-corrected chi connectivity index (χ3v) is 14.6. The molecule has 3 aromatic rings. The van der Waals surface area contributed by atoms with Crippen molar-refractivity contribution in [2.24, 2.45) is 0 Å². The standard InChI is InChI=1S/C26H26N2O6S.C17H18N2O6S.Na/c1-26(2)20(24(31)32)28-22(30)19(23(28)35-26)27-21(29)18(15-7-4-3-5-8-15)25(33)34-17-12-11-14-9-6-10-16(14)13-17;1-17(2)11(16(24)25)19-13(21)10(14(19)26-17)18-12(20)9(15(22)23)8-6-4-3-5-7-8;/h3-5,7-8,11-13,18-20,23H,6,9-10H2,1-2H3,(H,27,29)(H,31,32);3-7,9-11,14H,1-2H3,(H,18,20)(H,22,23)(H,24,25);/q;;+1/p-1/t18?,19-,20+,23-;9?,10-,11+,14-;/m11./s1. The fourth-order valence-electron chi connectivity index (χ4n) is 8.62. The molecule has 2 unspecified atom stereocenters. The van der Waals surface area contributed by atoms with Crippen molar-refractivity contribution in [2.45, 2.75) is 103 Å². The van der Waals surface area contributed by atoms with Gasteiger partial charge in [0.05, 0.1) is 12.0 Å². The summed E-state index contributed by atoms with van der Waals surface area (Å²) in [6.07, 6.45) is 2.98. The van der Waals surface area contributed by atoms with Crippen molar-refractivity contribution in [1.29, 1.82) is 0 Å². The number of hydrogen-bond donors (Lipinski definition) is 4. The van der Waals surface area contributed by atoms with Crippen LogP contribution in [0.2, 0.25) is 0 Å². The Morgan fingerprint density at radius 3 is 1.68 bits per heavy atom. The van der Waals surface area contributed by atoms with E-state index in [-0.39, 0.29) is 29.6 Å². The topological polar surface area (TPSA) is 240 Å². The van der Waals surface area contributed by atoms with Crippen LogP contribution in [0.15, 0.2) is 78.9 Å². The third kappa shape index (κ3) is 8.71. The number of aliphatic carboxylic acids is 3. The molecule has 0 saturated carbocycles. The van der Waals surface area contributed by atoms with Gasteiger partial charge in [-0.2, -0.15) is 0 Å². The Balaban J connectivity index is 0.000000213. The largest absolute Gasteiger partial charge is 1.00 e. The molecule has 4 saturated heterocycles. The molecule has 4 fully saturated rings. The zero-order valence-electron chi connectivity index (χ0n) is 34.4. The van der Waals surface area contributed by atoms with Gasteiger partial charge in [0.25, 0.3) is 0 Å². The predicted molar refractivity (Wildman–Crippen MR) is 219 cm³/mol. The van der Waals surface area contributed by atoms with Crippen molar-refractivity contribution in [1.82, 2.24) is 20.4 Å². The number of rotatable bonds is 11. The molecule has 0 bridgehead atoms. The van der Waals surface area contributed by atoms with E-state index in [1.54, 1.807) is 82.3 Å². The number of aryl methyl sites for hydroxylation is 2. The first-order valence-corrected chi connectivity index (χ1v) is 21.3. The molecule has 4 N–H and O–H groups in total. The smallest absolute Gasteiger partial charge is 0.548 e. The Morgan fingerprint density at radius 1 is 0.710 bits per heavy atom. The number of nitrogens with one attached hydrogen (secondary N) is 2. The number of ether oxygens (including phenoxy) is 1. The maximum atomic E-state index is 13.4. The average Bonchev–Trinajstić information content (AvgIpc) is 3.85. The third-order valence-electron chi connectivity index (χ3n) is 11.5. The van der Waals surface area contributed by atoms with Crippen LogP contribution in [0.1, 0.15) is 68.2 Å². The maximum absolute atomic E-state index is 13.4. The molecule has 4 heterocycles. The Bertz CT molecular complexity index is 2320. The number of carbonyl (C=O) groups excluding carboxylic acids is 6. The Kier molecular flexibility index (Phi) is 13.6. The Labute approximate surface area is 387 Å². The van der Waals surface area contributed by atoms with Gasteiger partial charge in [0.1, 0.15) is 34.6 Å². The molecular formula is C43H43N4NaO12S2. The number of esters is 1. The van der Waals surface area contributed by atoms with Gasteiger partial charge in [0, 0.05) is 9.49 Å². The van der Waals surface area contributed by atoms with Gasteiger partial charge < -0.3 is 45.3 Å². The minimum absolute atomic E-state index is 0. The zero-order chi connectivity index (χ0) is 44.1. The molecule has 3 aromatic carbocycles. The van der Waals surface area contributed by atoms with Crippen LogP contribution >= 0.6 is 23.5 Å². The first-order chi connectivity index (χ1) is 28.8. The number of amides is 4. The summed E-state index contributed by atoms with van der Waals surface area (Å²) in [5.41, 5.74) is 3.12. The van der Waals surface area contributed by atoms with E-state index in [2.05, 4.69) is 10.6 Å². The van der Waals surface area contributed by atoms with Crippen LogP contribution in [-0.4, -0.2) is 112 Å². The minimum atomic E-state index is -1.44. The van der Waals surface area contributed by atoms with Crippen LogP contribution < -0.4 is 50.0 Å². The predicted octanol–water partition coefficient (Wildman–Crippen LogP) is -1.35. The second kappa shape index (κ2) is 18.1. The van der Waals surface area contributed by atoms with Gasteiger partial charge >= 0.3 is 47.5 Å². The molecule has 0 spiro atoms. The van der Waals surface area contributed by atoms with Crippen LogP contribution in [-0.2, 0) is 51.2 Å². The van der Waals surface area contributed by atoms with E-state index in [0.29, 0.717) is 16.9 Å². The number of carboxylic acids is 3. The number of benzene rings is 3. The number of fused-ring (bicyclic) bond motifs is 3. The molecule has 320 valence electrons. The fourth-order valence-corrected chi connectivity index (χ4v) is 11.9. The molecule has 0 aromatic heterocycles. The Morgan fingerprint density at radius 2 is 1.18 bits per heavy atom. The van der Waals surface area contributed by atoms with Crippen LogP contribution in [0.25, 0.3) is 0 Å². The van der Waals surface area contributed by atoms with E-state index in [1.807, 2.05) is 12.1 Å². The van der Waals surface area contributed by atoms with Crippen LogP contribution in [0.5, 0.6) is 5.75 Å². The number of carboxylic acid groups (broad SMARTS) is 3. The summed E-state index contributed by atoms with van der Waals surface area (Å²) in [6, 6.07) is 18.1. The molecule has 16 nitrogen and oxygen atoms in total. The van der Waals surface area contributed by atoms with Gasteiger partial charge in [-0.15, -0.1) is 23.5 Å². The van der Waals surface area contributed by atoms with E-state index in [4.69, 9.17) is 4.74 Å². The van der Waals surface area contributed by atoms with Crippen molar-refractivity contribution in [2.75, 3.05) is 0 Å². The van der Waals surface area contributed by atoms with E-state index in [9.17, 15) is 53.7 Å². The summed E-state index contributed by atoms with van der Waals surface area (Å²) < 4.78 is 4.13. The van der Waals surface area contributed by atoms with Crippen molar-refractivity contribution >= 4 is 71.0 Å². The van der Waals surface area contributed by atoms with Crippen LogP contribution in [0, 0.1) is 0 Å². The number of thioether (sulfide) groups is 2. The van der Waals surface area contributed by atoms with E-state index < -0.39 is 104 Å². The van der Waals surface area contributed by atoms with Crippen molar-refractivity contribution in [3.05, 3.63) is 101 Å². The van der Waals surface area contributed by atoms with E-state index >= 15 is 0 Å². The van der Waals surface area contributed by atoms with Crippen LogP contribution in [0.3, 0.4) is 0 Å². The zero-order valence-corrected chi connectivity index (χ0v) is 38.1. The number of hydrogen-bond acceptors (Lipinski definition) is 12. The molecule has 8 rings (SSSR count). The number of nitrogens with zero attached hydrogens (tertiary/aromatic N) is 2. The van der Waals surface area contributed by atoms with Crippen molar-refractivity contribution in [3.63, 3.8) is 0 Å². The number of carbonyl (C=O) groups is 8. The molecular weight excluding hydrogens is 852 g/mol. The first-order valence-electron chi connectivity index (χ1n) is 19.5.